The molecular formula is C35H39F3GeIrNO2-. The number of rotatable bonds is 4. The van der Waals surface area contributed by atoms with Crippen molar-refractivity contribution in [2.75, 3.05) is 0 Å². The summed E-state index contributed by atoms with van der Waals surface area (Å²) in [5.41, 5.74) is 3.32. The van der Waals surface area contributed by atoms with Crippen molar-refractivity contribution in [1.29, 1.82) is 0 Å². The molecule has 8 heteroatoms. The summed E-state index contributed by atoms with van der Waals surface area (Å²) in [6.45, 7) is 11.1. The van der Waals surface area contributed by atoms with Gasteiger partial charge in [-0.25, -0.2) is 0 Å². The number of carbonyl (C=O) groups excluding carboxylic acids is 1. The van der Waals surface area contributed by atoms with Crippen LogP contribution in [0.3, 0.4) is 0 Å². The van der Waals surface area contributed by atoms with Gasteiger partial charge in [-0.2, -0.15) is 0 Å². The molecule has 0 aliphatic carbocycles. The number of hydrogen-bond donors (Lipinski definition) is 1. The number of alkyl halides is 3. The number of halogens is 3. The summed E-state index contributed by atoms with van der Waals surface area (Å²) in [4.78, 5) is 14.6. The number of aromatic nitrogens is 1. The van der Waals surface area contributed by atoms with Crippen molar-refractivity contribution in [3.05, 3.63) is 95.4 Å². The van der Waals surface area contributed by atoms with Gasteiger partial charge in [0.25, 0.3) is 0 Å². The van der Waals surface area contributed by atoms with Crippen molar-refractivity contribution < 1.29 is 43.2 Å². The Bertz CT molecular complexity index is 1640. The van der Waals surface area contributed by atoms with Crippen LogP contribution < -0.4 is 4.40 Å². The molecule has 0 unspecified atom stereocenters. The van der Waals surface area contributed by atoms with Crippen molar-refractivity contribution >= 4 is 34.2 Å². The minimum atomic E-state index is -4.44. The van der Waals surface area contributed by atoms with E-state index in [9.17, 15) is 18.0 Å². The normalized spacial score (nSPS) is 12.3. The van der Waals surface area contributed by atoms with Gasteiger partial charge in [-0.3, -0.25) is 4.79 Å². The molecule has 1 radical (unpaired) electrons. The first-order chi connectivity index (χ1) is 19.3. The van der Waals surface area contributed by atoms with Crippen LogP contribution in [-0.2, 0) is 36.5 Å². The van der Waals surface area contributed by atoms with E-state index in [0.717, 1.165) is 26.3 Å². The van der Waals surface area contributed by atoms with Gasteiger partial charge in [0.1, 0.15) is 0 Å². The zero-order valence-corrected chi connectivity index (χ0v) is 30.6. The van der Waals surface area contributed by atoms with Gasteiger partial charge < -0.3 is 5.11 Å². The number of benzene rings is 3. The summed E-state index contributed by atoms with van der Waals surface area (Å²) >= 11 is -2.45. The van der Waals surface area contributed by atoms with Crippen LogP contribution in [0.1, 0.15) is 51.3 Å². The number of pyridine rings is 1. The van der Waals surface area contributed by atoms with Crippen LogP contribution in [0, 0.1) is 13.0 Å². The number of nitrogens with zero attached hydrogens (tertiary/aromatic N) is 1. The number of aliphatic hydroxyl groups excluding tert-OH is 1. The van der Waals surface area contributed by atoms with Crippen LogP contribution in [0.25, 0.3) is 33.2 Å². The minimum absolute atomic E-state index is 0. The van der Waals surface area contributed by atoms with E-state index in [1.165, 1.54) is 26.0 Å². The van der Waals surface area contributed by atoms with Gasteiger partial charge in [0.05, 0.1) is 5.76 Å². The SMILES string of the molecule is CC(=O)/C=C(/C)O.Cc1cnc(-c2[c-]c3ccccc3c(C(C)(C)C)c2)cc1-c1cc[c]([Ge]([CH3])([CH3])[CH3])cc1C(F)(F)F.[Ir]. The molecule has 0 atom stereocenters. The molecule has 4 rings (SSSR count). The third kappa shape index (κ3) is 9.37. The van der Waals surface area contributed by atoms with Gasteiger partial charge in [-0.1, -0.05) is 6.07 Å². The monoisotopic (exact) mass is 829 g/mol. The molecule has 0 aliphatic heterocycles. The first-order valence-electron chi connectivity index (χ1n) is 13.8. The molecule has 4 aromatic rings. The average Bonchev–Trinajstić information content (AvgIpc) is 2.86. The van der Waals surface area contributed by atoms with E-state index < -0.39 is 25.0 Å². The number of hydrogen-bond acceptors (Lipinski definition) is 3. The van der Waals surface area contributed by atoms with Crippen molar-refractivity contribution in [3.8, 4) is 22.4 Å². The molecule has 0 saturated carbocycles. The number of aryl methyl sites for hydroxylation is 1. The standard InChI is InChI=1S/C30H31F3GeN.C5H8O2.Ir/c1-19-18-35-28(21-14-20-10-8-9-11-23(20)26(15-21)29(2,3)4)17-25(19)24-13-12-22(34(5,6)7)16-27(24)30(31,32)33;1-4(6)3-5(2)7;/h8-13,15-18H,1-7H3;3,6H,1-2H3;/q-1;;/b;4-3-;. The van der Waals surface area contributed by atoms with E-state index in [-0.39, 0.29) is 42.6 Å². The zero-order valence-electron chi connectivity index (χ0n) is 26.1. The Kier molecular flexibility index (Phi) is 11.8. The molecule has 0 fully saturated rings. The zero-order chi connectivity index (χ0) is 31.6. The Hall–Kier alpha value is -2.74. The van der Waals surface area contributed by atoms with Crippen molar-refractivity contribution in [3.63, 3.8) is 0 Å². The second-order valence-electron chi connectivity index (χ2n) is 12.7. The quantitative estimate of drug-likeness (QED) is 0.0966. The van der Waals surface area contributed by atoms with E-state index in [2.05, 4.69) is 61.2 Å². The summed E-state index contributed by atoms with van der Waals surface area (Å²) in [5.74, 6) is 6.25. The van der Waals surface area contributed by atoms with Crippen molar-refractivity contribution in [1.82, 2.24) is 4.98 Å². The second kappa shape index (κ2) is 13.9. The van der Waals surface area contributed by atoms with E-state index in [4.69, 9.17) is 5.11 Å². The predicted molar refractivity (Wildman–Crippen MR) is 170 cm³/mol. The van der Waals surface area contributed by atoms with Gasteiger partial charge in [0.15, 0.2) is 5.78 Å². The molecule has 231 valence electrons. The van der Waals surface area contributed by atoms with E-state index in [1.54, 1.807) is 18.3 Å². The first-order valence-corrected chi connectivity index (χ1v) is 21.2. The van der Waals surface area contributed by atoms with E-state index in [0.29, 0.717) is 16.8 Å². The average molecular weight is 828 g/mol. The van der Waals surface area contributed by atoms with Crippen LogP contribution in [0.5, 0.6) is 0 Å². The third-order valence-corrected chi connectivity index (χ3v) is 11.1. The number of fused-ring (bicyclic) bond motifs is 1. The van der Waals surface area contributed by atoms with Gasteiger partial charge in [-0.05, 0) is 13.8 Å². The van der Waals surface area contributed by atoms with Crippen LogP contribution in [0.2, 0.25) is 17.3 Å². The summed E-state index contributed by atoms with van der Waals surface area (Å²) in [7, 11) is 0. The Labute approximate surface area is 269 Å². The fourth-order valence-corrected chi connectivity index (χ4v) is 7.16. The molecule has 0 aliphatic rings. The molecule has 3 nitrogen and oxygen atoms in total. The maximum Gasteiger partial charge on any atom is 0 e. The predicted octanol–water partition coefficient (Wildman–Crippen LogP) is 9.57. The van der Waals surface area contributed by atoms with Gasteiger partial charge >= 0.3 is 203 Å². The maximum absolute atomic E-state index is 14.2. The van der Waals surface area contributed by atoms with Gasteiger partial charge in [0.2, 0.25) is 0 Å². The molecule has 0 amide bonds. The van der Waals surface area contributed by atoms with Crippen LogP contribution >= 0.6 is 0 Å². The van der Waals surface area contributed by atoms with Crippen molar-refractivity contribution in [2.24, 2.45) is 0 Å². The molecule has 0 saturated heterocycles. The molecule has 3 aromatic carbocycles. The minimum Gasteiger partial charge on any atom is 0 e. The fourth-order valence-electron chi connectivity index (χ4n) is 4.72. The molecule has 43 heavy (non-hydrogen) atoms. The Morgan fingerprint density at radius 1 is 0.930 bits per heavy atom. The molecule has 0 bridgehead atoms. The summed E-state index contributed by atoms with van der Waals surface area (Å²) in [6.07, 6.45) is -1.61. The van der Waals surface area contributed by atoms with Crippen LogP contribution in [-0.4, -0.2) is 29.1 Å². The van der Waals surface area contributed by atoms with Crippen LogP contribution in [0.15, 0.2) is 72.6 Å². The second-order valence-corrected chi connectivity index (χ2v) is 23.3. The van der Waals surface area contributed by atoms with Gasteiger partial charge in [-0.15, -0.1) is 0 Å². The first kappa shape index (κ1) is 36.5. The smallest absolute Gasteiger partial charge is 0 e. The molecule has 1 aromatic heterocycles. The molecule has 1 N–H and O–H groups in total. The topological polar surface area (TPSA) is 50.2 Å². The third-order valence-electron chi connectivity index (χ3n) is 6.86. The molecular weight excluding hydrogens is 788 g/mol. The maximum atomic E-state index is 14.2. The van der Waals surface area contributed by atoms with E-state index >= 15 is 0 Å². The number of aliphatic hydroxyl groups is 1. The summed E-state index contributed by atoms with van der Waals surface area (Å²) in [5, 5.41) is 10.5. The number of allylic oxidation sites excluding steroid dienone is 2. The Morgan fingerprint density at radius 2 is 1.56 bits per heavy atom. The molecule has 0 spiro atoms. The Morgan fingerprint density at radius 3 is 2.07 bits per heavy atom. The van der Waals surface area contributed by atoms with Crippen LogP contribution in [0.4, 0.5) is 13.2 Å². The molecule has 1 heterocycles. The van der Waals surface area contributed by atoms with Gasteiger partial charge in [0, 0.05) is 26.2 Å². The largest absolute Gasteiger partial charge is 0 e. The van der Waals surface area contributed by atoms with E-state index in [1.807, 2.05) is 31.2 Å². The Balaban J connectivity index is 0.000000721. The summed E-state index contributed by atoms with van der Waals surface area (Å²) < 4.78 is 43.5. The summed E-state index contributed by atoms with van der Waals surface area (Å²) in [6, 6.07) is 20.3. The number of ketones is 1. The number of carbonyl (C=O) groups is 1. The fraction of sp³-hybridized carbons (Fsp3) is 0.314. The van der Waals surface area contributed by atoms with Crippen molar-refractivity contribution in [2.45, 2.75) is 70.4 Å².